The molecule has 2 rings (SSSR count). The zero-order valence-corrected chi connectivity index (χ0v) is 10.8. The van der Waals surface area contributed by atoms with Crippen LogP contribution in [-0.2, 0) is 0 Å². The molecule has 0 bridgehead atoms. The second kappa shape index (κ2) is 3.73. The minimum Gasteiger partial charge on any atom is -0.389 e. The van der Waals surface area contributed by atoms with Crippen LogP contribution in [0, 0.1) is 10.8 Å². The van der Waals surface area contributed by atoms with E-state index in [-0.39, 0.29) is 16.9 Å². The van der Waals surface area contributed by atoms with E-state index in [4.69, 9.17) is 0 Å². The molecule has 1 nitrogen and oxygen atoms in total. The van der Waals surface area contributed by atoms with Gasteiger partial charge in [-0.25, -0.2) is 0 Å². The molecule has 2 aliphatic carbocycles. The second-order valence-electron chi connectivity index (χ2n) is 6.30. The predicted octanol–water partition coefficient (Wildman–Crippen LogP) is 3.84. The first kappa shape index (κ1) is 11.9. The highest BCUT2D eigenvalue weighted by atomic mass is 16.3. The Bertz CT molecular complexity index is 337. The van der Waals surface area contributed by atoms with Gasteiger partial charge in [-0.15, -0.1) is 0 Å². The van der Waals surface area contributed by atoms with Crippen LogP contribution in [-0.4, -0.2) is 11.2 Å². The fourth-order valence-corrected chi connectivity index (χ4v) is 3.53. The van der Waals surface area contributed by atoms with Crippen LogP contribution in [0.25, 0.3) is 0 Å². The van der Waals surface area contributed by atoms with E-state index in [1.54, 1.807) is 0 Å². The zero-order chi connectivity index (χ0) is 12.0. The summed E-state index contributed by atoms with van der Waals surface area (Å²) in [5.41, 5.74) is 3.01. The Morgan fingerprint density at radius 3 is 2.62 bits per heavy atom. The van der Waals surface area contributed by atoms with Crippen molar-refractivity contribution < 1.29 is 5.11 Å². The van der Waals surface area contributed by atoms with Crippen molar-refractivity contribution in [2.24, 2.45) is 10.8 Å². The van der Waals surface area contributed by atoms with E-state index in [9.17, 15) is 5.11 Å². The van der Waals surface area contributed by atoms with Gasteiger partial charge < -0.3 is 5.11 Å². The summed E-state index contributed by atoms with van der Waals surface area (Å²) in [6.07, 6.45) is 7.47. The van der Waals surface area contributed by atoms with Crippen molar-refractivity contribution in [1.82, 2.24) is 0 Å². The normalized spacial score (nSPS) is 38.6. The van der Waals surface area contributed by atoms with Crippen molar-refractivity contribution in [3.63, 3.8) is 0 Å². The molecule has 1 heteroatoms. The Balaban J connectivity index is 2.37. The van der Waals surface area contributed by atoms with Gasteiger partial charge in [0, 0.05) is 5.41 Å². The number of rotatable bonds is 0. The maximum atomic E-state index is 10.1. The van der Waals surface area contributed by atoms with Gasteiger partial charge in [0.2, 0.25) is 0 Å². The van der Waals surface area contributed by atoms with Crippen molar-refractivity contribution in [3.8, 4) is 0 Å². The van der Waals surface area contributed by atoms with Gasteiger partial charge >= 0.3 is 0 Å². The van der Waals surface area contributed by atoms with E-state index in [2.05, 4.69) is 33.4 Å². The summed E-state index contributed by atoms with van der Waals surface area (Å²) in [6, 6.07) is 0. The highest BCUT2D eigenvalue weighted by molar-refractivity contribution is 5.27. The topological polar surface area (TPSA) is 20.2 Å². The third-order valence-electron chi connectivity index (χ3n) is 5.10. The largest absolute Gasteiger partial charge is 0.389 e. The molecule has 16 heavy (non-hydrogen) atoms. The standard InChI is InChI=1S/C15H24O/c1-11-5-9-15(10-6-11)12(2)13(16)7-8-14(15,3)4/h5,13,16H,2,6-10H2,1,3-4H3. The van der Waals surface area contributed by atoms with Crippen LogP contribution in [0.1, 0.15) is 52.9 Å². The predicted molar refractivity (Wildman–Crippen MR) is 68.2 cm³/mol. The van der Waals surface area contributed by atoms with Crippen molar-refractivity contribution in [2.75, 3.05) is 0 Å². The third-order valence-corrected chi connectivity index (χ3v) is 5.10. The van der Waals surface area contributed by atoms with Crippen molar-refractivity contribution in [1.29, 1.82) is 0 Å². The third kappa shape index (κ3) is 1.57. The number of aliphatic hydroxyl groups excluding tert-OH is 1. The molecular formula is C15H24O. The van der Waals surface area contributed by atoms with Gasteiger partial charge in [0.05, 0.1) is 6.10 Å². The first-order valence-corrected chi connectivity index (χ1v) is 6.42. The van der Waals surface area contributed by atoms with Gasteiger partial charge in [-0.3, -0.25) is 0 Å². The molecule has 0 radical (unpaired) electrons. The number of hydrogen-bond donors (Lipinski definition) is 1. The molecule has 2 atom stereocenters. The van der Waals surface area contributed by atoms with Crippen LogP contribution < -0.4 is 0 Å². The molecule has 0 heterocycles. The van der Waals surface area contributed by atoms with Crippen LogP contribution in [0.5, 0.6) is 0 Å². The smallest absolute Gasteiger partial charge is 0.0753 e. The van der Waals surface area contributed by atoms with E-state index in [1.807, 2.05) is 0 Å². The molecular weight excluding hydrogens is 196 g/mol. The van der Waals surface area contributed by atoms with E-state index < -0.39 is 0 Å². The van der Waals surface area contributed by atoms with Crippen LogP contribution >= 0.6 is 0 Å². The van der Waals surface area contributed by atoms with Crippen molar-refractivity contribution in [3.05, 3.63) is 23.8 Å². The Hall–Kier alpha value is -0.560. The Labute approximate surface area is 99.3 Å². The molecule has 0 aliphatic heterocycles. The average Bonchev–Trinajstić information content (AvgIpc) is 2.24. The van der Waals surface area contributed by atoms with E-state index >= 15 is 0 Å². The molecule has 0 aromatic rings. The first-order chi connectivity index (χ1) is 7.39. The number of aliphatic hydroxyl groups is 1. The minimum atomic E-state index is -0.278. The lowest BCUT2D eigenvalue weighted by atomic mass is 9.50. The lowest BCUT2D eigenvalue weighted by molar-refractivity contribution is 0.00518. The van der Waals surface area contributed by atoms with Gasteiger partial charge in [-0.05, 0) is 50.0 Å². The monoisotopic (exact) mass is 220 g/mol. The van der Waals surface area contributed by atoms with Gasteiger partial charge in [0.1, 0.15) is 0 Å². The SMILES string of the molecule is C=C1C(O)CCC(C)(C)C12CC=C(C)CC2. The molecule has 0 aromatic carbocycles. The van der Waals surface area contributed by atoms with Crippen molar-refractivity contribution >= 4 is 0 Å². The second-order valence-corrected chi connectivity index (χ2v) is 6.30. The number of hydrogen-bond acceptors (Lipinski definition) is 1. The van der Waals surface area contributed by atoms with Gasteiger partial charge in [0.15, 0.2) is 0 Å². The van der Waals surface area contributed by atoms with E-state index in [0.717, 1.165) is 37.7 Å². The first-order valence-electron chi connectivity index (χ1n) is 6.42. The summed E-state index contributed by atoms with van der Waals surface area (Å²) in [5.74, 6) is 0. The highest BCUT2D eigenvalue weighted by Gasteiger charge is 2.51. The molecule has 0 amide bonds. The van der Waals surface area contributed by atoms with Crippen LogP contribution in [0.2, 0.25) is 0 Å². The lowest BCUT2D eigenvalue weighted by Gasteiger charge is -2.54. The van der Waals surface area contributed by atoms with Gasteiger partial charge in [-0.2, -0.15) is 0 Å². The van der Waals surface area contributed by atoms with Crippen molar-refractivity contribution in [2.45, 2.75) is 59.0 Å². The summed E-state index contributed by atoms with van der Waals surface area (Å²) in [7, 11) is 0. The summed E-state index contributed by atoms with van der Waals surface area (Å²) < 4.78 is 0. The zero-order valence-electron chi connectivity index (χ0n) is 10.8. The maximum absolute atomic E-state index is 10.1. The number of allylic oxidation sites excluding steroid dienone is 2. The summed E-state index contributed by atoms with van der Waals surface area (Å²) >= 11 is 0. The molecule has 2 aliphatic rings. The maximum Gasteiger partial charge on any atom is 0.0753 e. The van der Waals surface area contributed by atoms with Crippen LogP contribution in [0.15, 0.2) is 23.8 Å². The molecule has 90 valence electrons. The molecule has 1 saturated carbocycles. The molecule has 1 N–H and O–H groups in total. The molecule has 1 spiro atoms. The van der Waals surface area contributed by atoms with E-state index in [1.165, 1.54) is 5.57 Å². The molecule has 1 fully saturated rings. The quantitative estimate of drug-likeness (QED) is 0.615. The Morgan fingerprint density at radius 1 is 1.38 bits per heavy atom. The van der Waals surface area contributed by atoms with Gasteiger partial charge in [0.25, 0.3) is 0 Å². The Kier molecular flexibility index (Phi) is 2.78. The molecule has 2 unspecified atom stereocenters. The lowest BCUT2D eigenvalue weighted by Crippen LogP contribution is -2.47. The minimum absolute atomic E-state index is 0.143. The van der Waals surface area contributed by atoms with E-state index in [0.29, 0.717) is 0 Å². The summed E-state index contributed by atoms with van der Waals surface area (Å²) in [6.45, 7) is 11.1. The molecule has 0 saturated heterocycles. The fraction of sp³-hybridized carbons (Fsp3) is 0.733. The fourth-order valence-electron chi connectivity index (χ4n) is 3.53. The summed E-state index contributed by atoms with van der Waals surface area (Å²) in [4.78, 5) is 0. The average molecular weight is 220 g/mol. The summed E-state index contributed by atoms with van der Waals surface area (Å²) in [5, 5.41) is 10.1. The highest BCUT2D eigenvalue weighted by Crippen LogP contribution is 2.59. The van der Waals surface area contributed by atoms with Crippen LogP contribution in [0.4, 0.5) is 0 Å². The molecule has 0 aromatic heterocycles. The van der Waals surface area contributed by atoms with Gasteiger partial charge in [-0.1, -0.05) is 32.1 Å². The Morgan fingerprint density at radius 2 is 2.06 bits per heavy atom. The van der Waals surface area contributed by atoms with Crippen LogP contribution in [0.3, 0.4) is 0 Å².